The number of para-hydroxylation sites is 1. The van der Waals surface area contributed by atoms with Crippen molar-refractivity contribution in [3.05, 3.63) is 60.4 Å². The summed E-state index contributed by atoms with van der Waals surface area (Å²) in [6.45, 7) is 3.61. The summed E-state index contributed by atoms with van der Waals surface area (Å²) >= 11 is 0. The second-order valence-electron chi connectivity index (χ2n) is 5.68. The van der Waals surface area contributed by atoms with E-state index in [1.165, 1.54) is 0 Å². The molecule has 1 atom stereocenters. The van der Waals surface area contributed by atoms with Gasteiger partial charge in [-0.3, -0.25) is 4.79 Å². The number of carbonyl (C=O) groups excluding carboxylic acids is 1. The van der Waals surface area contributed by atoms with Gasteiger partial charge < -0.3 is 14.6 Å². The lowest BCUT2D eigenvalue weighted by Gasteiger charge is -2.18. The van der Waals surface area contributed by atoms with Crippen LogP contribution in [0.1, 0.15) is 25.6 Å². The first-order valence-corrected chi connectivity index (χ1v) is 7.64. The first-order valence-electron chi connectivity index (χ1n) is 7.64. The summed E-state index contributed by atoms with van der Waals surface area (Å²) in [6.07, 6.45) is 0. The summed E-state index contributed by atoms with van der Waals surface area (Å²) in [4.78, 5) is 13.1. The van der Waals surface area contributed by atoms with Crippen molar-refractivity contribution in [1.82, 2.24) is 0 Å². The molecule has 0 aliphatic heterocycles. The van der Waals surface area contributed by atoms with Gasteiger partial charge >= 0.3 is 0 Å². The van der Waals surface area contributed by atoms with Crippen molar-refractivity contribution in [2.24, 2.45) is 0 Å². The monoisotopic (exact) mass is 308 g/mol. The maximum Gasteiger partial charge on any atom is 0.223 e. The molecule has 23 heavy (non-hydrogen) atoms. The summed E-state index contributed by atoms with van der Waals surface area (Å²) in [5, 5.41) is 4.52. The van der Waals surface area contributed by atoms with Gasteiger partial charge in [-0.05, 0) is 37.3 Å². The van der Waals surface area contributed by atoms with Crippen LogP contribution in [-0.4, -0.2) is 13.0 Å². The minimum atomic E-state index is 0.00693. The third kappa shape index (κ3) is 3.21. The van der Waals surface area contributed by atoms with Gasteiger partial charge in [0, 0.05) is 30.7 Å². The minimum absolute atomic E-state index is 0.00693. The van der Waals surface area contributed by atoms with Gasteiger partial charge in [-0.2, -0.15) is 0 Å². The Morgan fingerprint density at radius 2 is 1.91 bits per heavy atom. The Labute approximate surface area is 135 Å². The fourth-order valence-corrected chi connectivity index (χ4v) is 2.52. The molecule has 0 aliphatic rings. The molecule has 0 unspecified atom stereocenters. The van der Waals surface area contributed by atoms with Gasteiger partial charge in [0.2, 0.25) is 5.91 Å². The van der Waals surface area contributed by atoms with E-state index in [9.17, 15) is 4.79 Å². The van der Waals surface area contributed by atoms with Crippen LogP contribution < -0.4 is 10.2 Å². The van der Waals surface area contributed by atoms with E-state index >= 15 is 0 Å². The van der Waals surface area contributed by atoms with Crippen LogP contribution in [0.15, 0.2) is 59.0 Å². The molecule has 0 bridgehead atoms. The minimum Gasteiger partial charge on any atom is -0.459 e. The van der Waals surface area contributed by atoms with Crippen LogP contribution in [0.5, 0.6) is 0 Å². The molecule has 0 spiro atoms. The summed E-state index contributed by atoms with van der Waals surface area (Å²) in [5.41, 5.74) is 2.70. The third-order valence-electron chi connectivity index (χ3n) is 3.96. The fraction of sp³-hybridized carbons (Fsp3) is 0.211. The second-order valence-corrected chi connectivity index (χ2v) is 5.68. The highest BCUT2D eigenvalue weighted by Crippen LogP contribution is 2.27. The van der Waals surface area contributed by atoms with Gasteiger partial charge in [0.25, 0.3) is 0 Å². The molecule has 0 radical (unpaired) electrons. The molecule has 1 aromatic heterocycles. The number of nitrogens with zero attached hydrogens (tertiary/aromatic N) is 1. The number of hydrogen-bond acceptors (Lipinski definition) is 3. The number of rotatable bonds is 4. The Hall–Kier alpha value is -2.75. The lowest BCUT2D eigenvalue weighted by Crippen LogP contribution is -2.22. The molecular weight excluding hydrogens is 288 g/mol. The molecule has 1 amide bonds. The lowest BCUT2D eigenvalue weighted by atomic mass is 10.2. The second kappa shape index (κ2) is 6.16. The van der Waals surface area contributed by atoms with Crippen LogP contribution >= 0.6 is 0 Å². The van der Waals surface area contributed by atoms with Gasteiger partial charge in [0.05, 0.1) is 6.04 Å². The average molecular weight is 308 g/mol. The zero-order chi connectivity index (χ0) is 16.4. The Balaban J connectivity index is 1.81. The Bertz CT molecular complexity index is 805. The SMILES string of the molecule is CC(=O)N(C)c1cccc(N[C@@H](C)c2cc3ccccc3o2)c1. The number of fused-ring (bicyclic) bond motifs is 1. The van der Waals surface area contributed by atoms with E-state index in [1.54, 1.807) is 18.9 Å². The third-order valence-corrected chi connectivity index (χ3v) is 3.96. The molecule has 0 aliphatic carbocycles. The van der Waals surface area contributed by atoms with Crippen molar-refractivity contribution in [3.63, 3.8) is 0 Å². The molecule has 0 saturated carbocycles. The maximum absolute atomic E-state index is 11.5. The van der Waals surface area contributed by atoms with E-state index in [1.807, 2.05) is 48.5 Å². The molecule has 1 heterocycles. The first-order chi connectivity index (χ1) is 11.0. The molecule has 1 N–H and O–H groups in total. The number of nitrogens with one attached hydrogen (secondary N) is 1. The molecule has 2 aromatic carbocycles. The normalized spacial score (nSPS) is 12.1. The lowest BCUT2D eigenvalue weighted by molar-refractivity contribution is -0.116. The van der Waals surface area contributed by atoms with Gasteiger partial charge in [-0.1, -0.05) is 24.3 Å². The van der Waals surface area contributed by atoms with Crippen LogP contribution in [0, 0.1) is 0 Å². The zero-order valence-corrected chi connectivity index (χ0v) is 13.5. The Kier molecular flexibility index (Phi) is 4.06. The summed E-state index contributed by atoms with van der Waals surface area (Å²) in [5.74, 6) is 0.893. The van der Waals surface area contributed by atoms with Gasteiger partial charge in [0.1, 0.15) is 11.3 Å². The Morgan fingerprint density at radius 1 is 1.13 bits per heavy atom. The molecule has 3 rings (SSSR count). The molecule has 3 aromatic rings. The number of anilines is 2. The number of benzene rings is 2. The van der Waals surface area contributed by atoms with Crippen molar-refractivity contribution in [3.8, 4) is 0 Å². The predicted octanol–water partition coefficient (Wildman–Crippen LogP) is 4.59. The highest BCUT2D eigenvalue weighted by molar-refractivity contribution is 5.91. The molecule has 0 saturated heterocycles. The smallest absolute Gasteiger partial charge is 0.223 e. The summed E-state index contributed by atoms with van der Waals surface area (Å²) in [6, 6.07) is 17.8. The van der Waals surface area contributed by atoms with Crippen LogP contribution in [0.4, 0.5) is 11.4 Å². The van der Waals surface area contributed by atoms with Crippen LogP contribution in [-0.2, 0) is 4.79 Å². The Morgan fingerprint density at radius 3 is 2.65 bits per heavy atom. The topological polar surface area (TPSA) is 45.5 Å². The molecule has 0 fully saturated rings. The fourth-order valence-electron chi connectivity index (χ4n) is 2.52. The quantitative estimate of drug-likeness (QED) is 0.767. The van der Waals surface area contributed by atoms with E-state index in [0.29, 0.717) is 0 Å². The van der Waals surface area contributed by atoms with E-state index in [2.05, 4.69) is 18.3 Å². The van der Waals surface area contributed by atoms with Crippen molar-refractivity contribution in [2.45, 2.75) is 19.9 Å². The first kappa shape index (κ1) is 15.2. The van der Waals surface area contributed by atoms with Gasteiger partial charge in [-0.25, -0.2) is 0 Å². The molecular formula is C19H20N2O2. The molecule has 4 nitrogen and oxygen atoms in total. The summed E-state index contributed by atoms with van der Waals surface area (Å²) in [7, 11) is 1.77. The van der Waals surface area contributed by atoms with Crippen molar-refractivity contribution in [2.75, 3.05) is 17.3 Å². The molecule has 118 valence electrons. The van der Waals surface area contributed by atoms with Crippen LogP contribution in [0.25, 0.3) is 11.0 Å². The maximum atomic E-state index is 11.5. The largest absolute Gasteiger partial charge is 0.459 e. The standard InChI is InChI=1S/C19H20N2O2/c1-13(19-11-15-7-4-5-10-18(15)23-19)20-16-8-6-9-17(12-16)21(3)14(2)22/h4-13,20H,1-3H3/t13-/m0/s1. The van der Waals surface area contributed by atoms with E-state index < -0.39 is 0 Å². The van der Waals surface area contributed by atoms with Crippen molar-refractivity contribution >= 4 is 28.3 Å². The van der Waals surface area contributed by atoms with Crippen LogP contribution in [0.3, 0.4) is 0 Å². The van der Waals surface area contributed by atoms with E-state index in [0.717, 1.165) is 28.1 Å². The van der Waals surface area contributed by atoms with E-state index in [4.69, 9.17) is 4.42 Å². The predicted molar refractivity (Wildman–Crippen MR) is 93.8 cm³/mol. The number of carbonyl (C=O) groups is 1. The number of furan rings is 1. The zero-order valence-electron chi connectivity index (χ0n) is 13.5. The average Bonchev–Trinajstić information content (AvgIpc) is 2.98. The summed E-state index contributed by atoms with van der Waals surface area (Å²) < 4.78 is 5.89. The highest BCUT2D eigenvalue weighted by Gasteiger charge is 2.12. The van der Waals surface area contributed by atoms with Gasteiger partial charge in [-0.15, -0.1) is 0 Å². The number of hydrogen-bond donors (Lipinski definition) is 1. The van der Waals surface area contributed by atoms with Crippen LogP contribution in [0.2, 0.25) is 0 Å². The van der Waals surface area contributed by atoms with Crippen molar-refractivity contribution < 1.29 is 9.21 Å². The molecule has 4 heteroatoms. The highest BCUT2D eigenvalue weighted by atomic mass is 16.3. The van der Waals surface area contributed by atoms with E-state index in [-0.39, 0.29) is 11.9 Å². The van der Waals surface area contributed by atoms with Gasteiger partial charge in [0.15, 0.2) is 0 Å². The van der Waals surface area contributed by atoms with Crippen molar-refractivity contribution in [1.29, 1.82) is 0 Å². The number of amides is 1.